The van der Waals surface area contributed by atoms with Crippen molar-refractivity contribution in [2.24, 2.45) is 0 Å². The maximum atomic E-state index is 13.0. The van der Waals surface area contributed by atoms with Crippen LogP contribution in [-0.2, 0) is 6.54 Å². The van der Waals surface area contributed by atoms with E-state index in [-0.39, 0.29) is 0 Å². The zero-order valence-corrected chi connectivity index (χ0v) is 16.2. The van der Waals surface area contributed by atoms with Crippen molar-refractivity contribution < 1.29 is 13.9 Å². The first-order valence-corrected chi connectivity index (χ1v) is 10.1. The van der Waals surface area contributed by atoms with E-state index in [0.717, 1.165) is 42.1 Å². The molecule has 1 aromatic heterocycles. The average molecular weight is 390 g/mol. The number of hydrogen-bond donors (Lipinski definition) is 0. The molecular weight excluding hydrogens is 367 g/mol. The molecule has 0 radical (unpaired) electrons. The Morgan fingerprint density at radius 3 is 2.52 bits per heavy atom. The van der Waals surface area contributed by atoms with Crippen LogP contribution >= 0.6 is 0 Å². The van der Waals surface area contributed by atoms with Gasteiger partial charge in [0.05, 0.1) is 0 Å². The molecule has 5 heteroatoms. The largest absolute Gasteiger partial charge is 0.486 e. The van der Waals surface area contributed by atoms with Gasteiger partial charge in [0.25, 0.3) is 0 Å². The minimum atomic E-state index is -0.454. The molecule has 0 bridgehead atoms. The fraction of sp³-hybridized carbons (Fsp3) is 0.292. The summed E-state index contributed by atoms with van der Waals surface area (Å²) < 4.78 is 24.5. The first-order valence-electron chi connectivity index (χ1n) is 10.1. The van der Waals surface area contributed by atoms with Gasteiger partial charge in [-0.15, -0.1) is 0 Å². The van der Waals surface area contributed by atoms with Gasteiger partial charge in [0.2, 0.25) is 5.95 Å². The Hall–Kier alpha value is -2.92. The lowest BCUT2D eigenvalue weighted by atomic mass is 10.0. The van der Waals surface area contributed by atoms with E-state index in [2.05, 4.69) is 46.3 Å². The van der Waals surface area contributed by atoms with Crippen molar-refractivity contribution in [3.8, 4) is 22.6 Å². The van der Waals surface area contributed by atoms with Gasteiger partial charge in [-0.1, -0.05) is 30.3 Å². The van der Waals surface area contributed by atoms with E-state index in [1.54, 1.807) is 12.3 Å². The van der Waals surface area contributed by atoms with Crippen molar-refractivity contribution in [2.45, 2.75) is 25.4 Å². The van der Waals surface area contributed by atoms with Crippen molar-refractivity contribution in [2.75, 3.05) is 19.8 Å². The van der Waals surface area contributed by atoms with Gasteiger partial charge in [-0.2, -0.15) is 4.39 Å². The van der Waals surface area contributed by atoms with Crippen LogP contribution in [0.25, 0.3) is 11.1 Å². The Morgan fingerprint density at radius 1 is 0.931 bits per heavy atom. The summed E-state index contributed by atoms with van der Waals surface area (Å²) in [5.41, 5.74) is 4.54. The zero-order valence-electron chi connectivity index (χ0n) is 16.2. The van der Waals surface area contributed by atoms with E-state index < -0.39 is 5.95 Å². The third-order valence-electron chi connectivity index (χ3n) is 5.71. The van der Waals surface area contributed by atoms with Crippen LogP contribution in [0.15, 0.2) is 60.8 Å². The van der Waals surface area contributed by atoms with Crippen LogP contribution in [0.3, 0.4) is 0 Å². The minimum Gasteiger partial charge on any atom is -0.486 e. The van der Waals surface area contributed by atoms with Crippen molar-refractivity contribution >= 4 is 0 Å². The predicted octanol–water partition coefficient (Wildman–Crippen LogP) is 5.00. The fourth-order valence-electron chi connectivity index (χ4n) is 4.24. The molecule has 148 valence electrons. The Morgan fingerprint density at radius 2 is 1.72 bits per heavy atom. The Balaban J connectivity index is 1.31. The summed E-state index contributed by atoms with van der Waals surface area (Å²) in [6.07, 6.45) is 3.92. The molecule has 2 aliphatic heterocycles. The molecule has 0 N–H and O–H groups in total. The first kappa shape index (κ1) is 18.1. The highest BCUT2D eigenvalue weighted by Gasteiger charge is 2.27. The highest BCUT2D eigenvalue weighted by atomic mass is 19.1. The molecule has 2 aromatic carbocycles. The number of aromatic nitrogens is 1. The van der Waals surface area contributed by atoms with Gasteiger partial charge in [0, 0.05) is 24.3 Å². The molecule has 0 aliphatic carbocycles. The Bertz CT molecular complexity index is 989. The smallest absolute Gasteiger partial charge is 0.212 e. The fourth-order valence-corrected chi connectivity index (χ4v) is 4.24. The summed E-state index contributed by atoms with van der Waals surface area (Å²) in [4.78, 5) is 6.27. The second-order valence-corrected chi connectivity index (χ2v) is 7.60. The maximum absolute atomic E-state index is 13.0. The SMILES string of the molecule is Fc1ccc(-c2ccc(CN3CCC[C@@H]3c3ccc4c(c3)OCCO4)cc2)cn1. The average Bonchev–Trinajstić information content (AvgIpc) is 3.23. The molecule has 0 amide bonds. The molecule has 3 heterocycles. The van der Waals surface area contributed by atoms with Crippen LogP contribution in [0, 0.1) is 5.95 Å². The lowest BCUT2D eigenvalue weighted by molar-refractivity contribution is 0.170. The molecule has 0 spiro atoms. The Labute approximate surface area is 169 Å². The summed E-state index contributed by atoms with van der Waals surface area (Å²) in [7, 11) is 0. The standard InChI is InChI=1S/C24H23FN2O2/c25-24-10-8-20(15-26-24)18-5-3-17(4-6-18)16-27-11-1-2-21(27)19-7-9-22-23(14-19)29-13-12-28-22/h3-10,14-15,21H,1-2,11-13,16H2/t21-/m1/s1. The zero-order chi connectivity index (χ0) is 19.6. The lowest BCUT2D eigenvalue weighted by Crippen LogP contribution is -2.23. The number of nitrogens with zero attached hydrogens (tertiary/aromatic N) is 2. The molecule has 5 rings (SSSR count). The summed E-state index contributed by atoms with van der Waals surface area (Å²) in [6, 6.07) is 18.4. The highest BCUT2D eigenvalue weighted by Crippen LogP contribution is 2.38. The quantitative estimate of drug-likeness (QED) is 0.588. The van der Waals surface area contributed by atoms with Crippen molar-refractivity contribution in [3.05, 3.63) is 77.9 Å². The molecule has 1 saturated heterocycles. The van der Waals surface area contributed by atoms with E-state index >= 15 is 0 Å². The molecule has 4 nitrogen and oxygen atoms in total. The molecule has 1 atom stereocenters. The van der Waals surface area contributed by atoms with E-state index in [1.165, 1.54) is 23.6 Å². The van der Waals surface area contributed by atoms with E-state index in [4.69, 9.17) is 9.47 Å². The van der Waals surface area contributed by atoms with Gasteiger partial charge >= 0.3 is 0 Å². The first-order chi connectivity index (χ1) is 14.3. The maximum Gasteiger partial charge on any atom is 0.212 e. The van der Waals surface area contributed by atoms with Crippen LogP contribution < -0.4 is 9.47 Å². The van der Waals surface area contributed by atoms with Crippen LogP contribution in [0.5, 0.6) is 11.5 Å². The predicted molar refractivity (Wildman–Crippen MR) is 109 cm³/mol. The van der Waals surface area contributed by atoms with Crippen LogP contribution in [0.1, 0.15) is 30.0 Å². The molecule has 2 aliphatic rings. The number of pyridine rings is 1. The molecule has 29 heavy (non-hydrogen) atoms. The van der Waals surface area contributed by atoms with E-state index in [9.17, 15) is 4.39 Å². The normalized spacial score (nSPS) is 18.7. The highest BCUT2D eigenvalue weighted by molar-refractivity contribution is 5.62. The number of ether oxygens (including phenoxy) is 2. The monoisotopic (exact) mass is 390 g/mol. The Kier molecular flexibility index (Phi) is 4.90. The molecule has 3 aromatic rings. The van der Waals surface area contributed by atoms with Gasteiger partial charge in [0.1, 0.15) is 13.2 Å². The molecule has 0 unspecified atom stereocenters. The number of benzene rings is 2. The van der Waals surface area contributed by atoms with Crippen LogP contribution in [0.2, 0.25) is 0 Å². The number of halogens is 1. The lowest BCUT2D eigenvalue weighted by Gasteiger charge is -2.26. The van der Waals surface area contributed by atoms with Crippen LogP contribution in [-0.4, -0.2) is 29.6 Å². The third-order valence-corrected chi connectivity index (χ3v) is 5.71. The molecule has 1 fully saturated rings. The number of rotatable bonds is 4. The van der Waals surface area contributed by atoms with Crippen molar-refractivity contribution in [1.29, 1.82) is 0 Å². The van der Waals surface area contributed by atoms with Crippen molar-refractivity contribution in [3.63, 3.8) is 0 Å². The molecule has 0 saturated carbocycles. The number of hydrogen-bond acceptors (Lipinski definition) is 4. The van der Waals surface area contributed by atoms with Gasteiger partial charge in [0.15, 0.2) is 11.5 Å². The molecular formula is C24H23FN2O2. The second kappa shape index (κ2) is 7.84. The van der Waals surface area contributed by atoms with Crippen LogP contribution in [0.4, 0.5) is 4.39 Å². The third kappa shape index (κ3) is 3.83. The number of fused-ring (bicyclic) bond motifs is 1. The van der Waals surface area contributed by atoms with Crippen molar-refractivity contribution in [1.82, 2.24) is 9.88 Å². The minimum absolute atomic E-state index is 0.395. The van der Waals surface area contributed by atoms with E-state index in [0.29, 0.717) is 19.3 Å². The number of likely N-dealkylation sites (tertiary alicyclic amines) is 1. The topological polar surface area (TPSA) is 34.6 Å². The van der Waals surface area contributed by atoms with Gasteiger partial charge in [-0.3, -0.25) is 4.90 Å². The summed E-state index contributed by atoms with van der Waals surface area (Å²) in [6.45, 7) is 3.22. The summed E-state index contributed by atoms with van der Waals surface area (Å²) in [5.74, 6) is 1.25. The summed E-state index contributed by atoms with van der Waals surface area (Å²) in [5, 5.41) is 0. The summed E-state index contributed by atoms with van der Waals surface area (Å²) >= 11 is 0. The van der Waals surface area contributed by atoms with Gasteiger partial charge in [-0.05, 0) is 60.3 Å². The second-order valence-electron chi connectivity index (χ2n) is 7.60. The van der Waals surface area contributed by atoms with Gasteiger partial charge in [-0.25, -0.2) is 4.98 Å². The van der Waals surface area contributed by atoms with E-state index in [1.807, 2.05) is 6.07 Å². The van der Waals surface area contributed by atoms with Gasteiger partial charge < -0.3 is 9.47 Å².